The molecule has 0 aromatic carbocycles. The monoisotopic (exact) mass is 194 g/mol. The Balaban J connectivity index is 2.48. The SMILES string of the molecule is CCCCOC(=O)c1cnc(C)cn1. The quantitative estimate of drug-likeness (QED) is 0.541. The Labute approximate surface area is 83.3 Å². The van der Waals surface area contributed by atoms with E-state index >= 15 is 0 Å². The van der Waals surface area contributed by atoms with Gasteiger partial charge in [0.25, 0.3) is 0 Å². The molecule has 0 bridgehead atoms. The normalized spacial score (nSPS) is 9.86. The topological polar surface area (TPSA) is 52.1 Å². The third-order valence-corrected chi connectivity index (χ3v) is 1.72. The third-order valence-electron chi connectivity index (χ3n) is 1.72. The molecule has 1 aromatic heterocycles. The number of hydrogen-bond acceptors (Lipinski definition) is 4. The molecule has 0 radical (unpaired) electrons. The molecular formula is C10H14N2O2. The third kappa shape index (κ3) is 3.12. The Bertz CT molecular complexity index is 295. The molecule has 0 N–H and O–H groups in total. The van der Waals surface area contributed by atoms with Crippen molar-refractivity contribution in [1.29, 1.82) is 0 Å². The fraction of sp³-hybridized carbons (Fsp3) is 0.500. The molecule has 0 fully saturated rings. The molecule has 1 aromatic rings. The van der Waals surface area contributed by atoms with Gasteiger partial charge in [0.1, 0.15) is 0 Å². The summed E-state index contributed by atoms with van der Waals surface area (Å²) in [6.07, 6.45) is 4.87. The van der Waals surface area contributed by atoms with Gasteiger partial charge in [0.05, 0.1) is 18.5 Å². The number of rotatable bonds is 4. The summed E-state index contributed by atoms with van der Waals surface area (Å²) in [5.41, 5.74) is 1.06. The number of ether oxygens (including phenoxy) is 1. The molecule has 76 valence electrons. The number of carbonyl (C=O) groups excluding carboxylic acids is 1. The van der Waals surface area contributed by atoms with Gasteiger partial charge >= 0.3 is 5.97 Å². The number of unbranched alkanes of at least 4 members (excludes halogenated alkanes) is 1. The first kappa shape index (κ1) is 10.6. The number of hydrogen-bond donors (Lipinski definition) is 0. The molecule has 0 amide bonds. The van der Waals surface area contributed by atoms with Crippen LogP contribution in [0.15, 0.2) is 12.4 Å². The van der Waals surface area contributed by atoms with Gasteiger partial charge < -0.3 is 4.74 Å². The van der Waals surface area contributed by atoms with Gasteiger partial charge in [0, 0.05) is 6.20 Å². The zero-order valence-corrected chi connectivity index (χ0v) is 8.49. The van der Waals surface area contributed by atoms with Crippen LogP contribution in [0.4, 0.5) is 0 Å². The van der Waals surface area contributed by atoms with Crippen molar-refractivity contribution < 1.29 is 9.53 Å². The maximum absolute atomic E-state index is 11.3. The zero-order chi connectivity index (χ0) is 10.4. The van der Waals surface area contributed by atoms with Crippen LogP contribution in [-0.2, 0) is 4.74 Å². The highest BCUT2D eigenvalue weighted by atomic mass is 16.5. The Morgan fingerprint density at radius 2 is 2.21 bits per heavy atom. The highest BCUT2D eigenvalue weighted by molar-refractivity contribution is 5.86. The van der Waals surface area contributed by atoms with Gasteiger partial charge in [-0.25, -0.2) is 9.78 Å². The highest BCUT2D eigenvalue weighted by Gasteiger charge is 2.07. The fourth-order valence-corrected chi connectivity index (χ4v) is 0.881. The summed E-state index contributed by atoms with van der Waals surface area (Å²) in [5, 5.41) is 0. The minimum Gasteiger partial charge on any atom is -0.461 e. The summed E-state index contributed by atoms with van der Waals surface area (Å²) in [7, 11) is 0. The minimum absolute atomic E-state index is 0.270. The van der Waals surface area contributed by atoms with Crippen LogP contribution in [0, 0.1) is 6.92 Å². The van der Waals surface area contributed by atoms with Crippen molar-refractivity contribution in [3.8, 4) is 0 Å². The number of nitrogens with zero attached hydrogens (tertiary/aromatic N) is 2. The summed E-state index contributed by atoms with van der Waals surface area (Å²) >= 11 is 0. The zero-order valence-electron chi connectivity index (χ0n) is 8.49. The molecule has 0 aliphatic heterocycles. The summed E-state index contributed by atoms with van der Waals surface area (Å²) in [5.74, 6) is -0.397. The molecule has 4 nitrogen and oxygen atoms in total. The van der Waals surface area contributed by atoms with Crippen molar-refractivity contribution in [3.05, 3.63) is 23.8 Å². The first-order valence-corrected chi connectivity index (χ1v) is 4.69. The predicted octanol–water partition coefficient (Wildman–Crippen LogP) is 1.74. The molecular weight excluding hydrogens is 180 g/mol. The van der Waals surface area contributed by atoms with E-state index in [1.54, 1.807) is 6.20 Å². The maximum Gasteiger partial charge on any atom is 0.358 e. The van der Waals surface area contributed by atoms with Crippen molar-refractivity contribution in [2.24, 2.45) is 0 Å². The smallest absolute Gasteiger partial charge is 0.358 e. The van der Waals surface area contributed by atoms with Gasteiger partial charge in [0.2, 0.25) is 0 Å². The lowest BCUT2D eigenvalue weighted by Gasteiger charge is -2.02. The molecule has 0 spiro atoms. The highest BCUT2D eigenvalue weighted by Crippen LogP contribution is 1.98. The number of aryl methyl sites for hydroxylation is 1. The van der Waals surface area contributed by atoms with Gasteiger partial charge in [-0.15, -0.1) is 0 Å². The van der Waals surface area contributed by atoms with E-state index in [9.17, 15) is 4.79 Å². The second-order valence-electron chi connectivity index (χ2n) is 3.03. The second kappa shape index (κ2) is 5.32. The van der Waals surface area contributed by atoms with Gasteiger partial charge in [-0.1, -0.05) is 13.3 Å². The molecule has 0 unspecified atom stereocenters. The summed E-state index contributed by atoms with van der Waals surface area (Å²) in [6.45, 7) is 4.31. The molecule has 0 saturated heterocycles. The Morgan fingerprint density at radius 3 is 2.79 bits per heavy atom. The minimum atomic E-state index is -0.397. The Morgan fingerprint density at radius 1 is 1.43 bits per heavy atom. The molecule has 0 atom stereocenters. The van der Waals surface area contributed by atoms with Crippen molar-refractivity contribution in [3.63, 3.8) is 0 Å². The first-order valence-electron chi connectivity index (χ1n) is 4.69. The number of carbonyl (C=O) groups is 1. The van der Waals surface area contributed by atoms with Crippen LogP contribution in [0.25, 0.3) is 0 Å². The van der Waals surface area contributed by atoms with Crippen LogP contribution in [0.2, 0.25) is 0 Å². The lowest BCUT2D eigenvalue weighted by Crippen LogP contribution is -2.08. The van der Waals surface area contributed by atoms with Crippen molar-refractivity contribution in [2.45, 2.75) is 26.7 Å². The molecule has 0 aliphatic rings. The summed E-state index contributed by atoms with van der Waals surface area (Å²) in [6, 6.07) is 0. The van der Waals surface area contributed by atoms with E-state index in [2.05, 4.69) is 9.97 Å². The van der Waals surface area contributed by atoms with E-state index in [0.717, 1.165) is 18.5 Å². The van der Waals surface area contributed by atoms with Gasteiger partial charge in [-0.05, 0) is 13.3 Å². The number of aromatic nitrogens is 2. The second-order valence-corrected chi connectivity index (χ2v) is 3.03. The first-order chi connectivity index (χ1) is 6.74. The lowest BCUT2D eigenvalue weighted by atomic mass is 10.3. The standard InChI is InChI=1S/C10H14N2O2/c1-3-4-5-14-10(13)9-7-11-8(2)6-12-9/h6-7H,3-5H2,1-2H3. The molecule has 4 heteroatoms. The summed E-state index contributed by atoms with van der Waals surface area (Å²) in [4.78, 5) is 19.2. The van der Waals surface area contributed by atoms with Crippen LogP contribution in [0.1, 0.15) is 35.9 Å². The van der Waals surface area contributed by atoms with E-state index in [-0.39, 0.29) is 5.69 Å². The van der Waals surface area contributed by atoms with Crippen LogP contribution in [0.3, 0.4) is 0 Å². The largest absolute Gasteiger partial charge is 0.461 e. The molecule has 14 heavy (non-hydrogen) atoms. The number of esters is 1. The average Bonchev–Trinajstić information content (AvgIpc) is 2.19. The lowest BCUT2D eigenvalue weighted by molar-refractivity contribution is 0.0492. The van der Waals surface area contributed by atoms with Crippen LogP contribution >= 0.6 is 0 Å². The Kier molecular flexibility index (Phi) is 4.04. The maximum atomic E-state index is 11.3. The molecule has 0 aliphatic carbocycles. The van der Waals surface area contributed by atoms with E-state index < -0.39 is 5.97 Å². The van der Waals surface area contributed by atoms with Crippen molar-refractivity contribution >= 4 is 5.97 Å². The summed E-state index contributed by atoms with van der Waals surface area (Å²) < 4.78 is 4.97. The fourth-order valence-electron chi connectivity index (χ4n) is 0.881. The van der Waals surface area contributed by atoms with Gasteiger partial charge in [-0.3, -0.25) is 4.98 Å². The van der Waals surface area contributed by atoms with Crippen molar-refractivity contribution in [1.82, 2.24) is 9.97 Å². The average molecular weight is 194 g/mol. The van der Waals surface area contributed by atoms with E-state index in [1.165, 1.54) is 6.20 Å². The van der Waals surface area contributed by atoms with E-state index in [4.69, 9.17) is 4.74 Å². The van der Waals surface area contributed by atoms with E-state index in [1.807, 2.05) is 13.8 Å². The molecule has 1 heterocycles. The van der Waals surface area contributed by atoms with Gasteiger partial charge in [0.15, 0.2) is 5.69 Å². The van der Waals surface area contributed by atoms with Gasteiger partial charge in [-0.2, -0.15) is 0 Å². The van der Waals surface area contributed by atoms with E-state index in [0.29, 0.717) is 6.61 Å². The Hall–Kier alpha value is -1.45. The van der Waals surface area contributed by atoms with Crippen molar-refractivity contribution in [2.75, 3.05) is 6.61 Å². The van der Waals surface area contributed by atoms with Crippen LogP contribution in [0.5, 0.6) is 0 Å². The van der Waals surface area contributed by atoms with Crippen LogP contribution < -0.4 is 0 Å². The predicted molar refractivity (Wildman–Crippen MR) is 52.0 cm³/mol. The van der Waals surface area contributed by atoms with Crippen LogP contribution in [-0.4, -0.2) is 22.5 Å². The molecule has 0 saturated carbocycles. The molecule has 1 rings (SSSR count).